The van der Waals surface area contributed by atoms with Crippen molar-refractivity contribution in [3.05, 3.63) is 93.8 Å². The van der Waals surface area contributed by atoms with Gasteiger partial charge in [-0.1, -0.05) is 67.4 Å². The second-order valence-electron chi connectivity index (χ2n) is 7.99. The van der Waals surface area contributed by atoms with E-state index in [1.807, 2.05) is 39.0 Å². The number of amides is 1. The minimum Gasteiger partial charge on any atom is -0.324 e. The Morgan fingerprint density at radius 2 is 1.56 bits per heavy atom. The largest absolute Gasteiger partial charge is 0.324 e. The van der Waals surface area contributed by atoms with E-state index < -0.39 is 28.3 Å². The van der Waals surface area contributed by atoms with Crippen molar-refractivity contribution in [2.45, 2.75) is 45.1 Å². The molecule has 3 aromatic rings. The highest BCUT2D eigenvalue weighted by molar-refractivity contribution is 7.89. The smallest absolute Gasteiger partial charge is 0.243 e. The first-order valence-corrected chi connectivity index (χ1v) is 12.9. The molecule has 180 valence electrons. The zero-order chi connectivity index (χ0) is 24.9. The molecule has 0 bridgehead atoms. The van der Waals surface area contributed by atoms with E-state index in [2.05, 4.69) is 5.32 Å². The molecule has 0 saturated heterocycles. The lowest BCUT2D eigenvalue weighted by molar-refractivity contribution is -0.116. The van der Waals surface area contributed by atoms with E-state index in [1.165, 1.54) is 30.3 Å². The predicted octanol–water partition coefficient (Wildman–Crippen LogP) is 5.74. The van der Waals surface area contributed by atoms with Gasteiger partial charge in [-0.15, -0.1) is 0 Å². The number of aryl methyl sites for hydroxylation is 3. The SMILES string of the molecule is CCc1cccc(CC)c1NC(=O)CN(Cc1c(F)cccc1Cl)S(=O)(=O)c1ccc(C)cc1. The second-order valence-corrected chi connectivity index (χ2v) is 10.3. The molecule has 1 N–H and O–H groups in total. The van der Waals surface area contributed by atoms with Gasteiger partial charge in [-0.3, -0.25) is 4.79 Å². The van der Waals surface area contributed by atoms with E-state index in [0.29, 0.717) is 18.5 Å². The number of carbonyl (C=O) groups is 1. The number of benzene rings is 3. The Hall–Kier alpha value is -2.74. The quantitative estimate of drug-likeness (QED) is 0.405. The lowest BCUT2D eigenvalue weighted by atomic mass is 10.0. The van der Waals surface area contributed by atoms with E-state index in [1.54, 1.807) is 12.1 Å². The standard InChI is InChI=1S/C26H28ClFN2O3S/c1-4-19-8-6-9-20(5-2)26(19)29-25(31)17-30(16-22-23(27)10-7-11-24(22)28)34(32,33)21-14-12-18(3)13-15-21/h6-15H,4-5,16-17H2,1-3H3,(H,29,31). The number of anilines is 1. The number of hydrogen-bond acceptors (Lipinski definition) is 3. The number of nitrogens with one attached hydrogen (secondary N) is 1. The fourth-order valence-corrected chi connectivity index (χ4v) is 5.27. The Morgan fingerprint density at radius 1 is 0.971 bits per heavy atom. The molecule has 0 aromatic heterocycles. The van der Waals surface area contributed by atoms with E-state index >= 15 is 0 Å². The molecule has 1 amide bonds. The lowest BCUT2D eigenvalue weighted by Gasteiger charge is -2.23. The van der Waals surface area contributed by atoms with Crippen molar-refractivity contribution >= 4 is 33.2 Å². The van der Waals surface area contributed by atoms with Crippen molar-refractivity contribution in [2.24, 2.45) is 0 Å². The summed E-state index contributed by atoms with van der Waals surface area (Å²) >= 11 is 6.17. The number of sulfonamides is 1. The average Bonchev–Trinajstić information content (AvgIpc) is 2.81. The van der Waals surface area contributed by atoms with Gasteiger partial charge in [0, 0.05) is 22.8 Å². The highest BCUT2D eigenvalue weighted by Gasteiger charge is 2.29. The maximum absolute atomic E-state index is 14.5. The fraction of sp³-hybridized carbons (Fsp3) is 0.269. The van der Waals surface area contributed by atoms with Crippen LogP contribution in [-0.2, 0) is 34.2 Å². The summed E-state index contributed by atoms with van der Waals surface area (Å²) in [5.41, 5.74) is 3.50. The molecule has 3 aromatic carbocycles. The van der Waals surface area contributed by atoms with Crippen LogP contribution in [0.25, 0.3) is 0 Å². The zero-order valence-electron chi connectivity index (χ0n) is 19.4. The molecule has 8 heteroatoms. The molecule has 0 heterocycles. The molecule has 0 aliphatic heterocycles. The van der Waals surface area contributed by atoms with Gasteiger partial charge in [-0.05, 0) is 55.2 Å². The number of para-hydroxylation sites is 1. The number of nitrogens with zero attached hydrogens (tertiary/aromatic N) is 1. The van der Waals surface area contributed by atoms with Gasteiger partial charge in [0.15, 0.2) is 0 Å². The van der Waals surface area contributed by atoms with Crippen LogP contribution in [0.2, 0.25) is 5.02 Å². The minimum absolute atomic E-state index is 0.0101. The van der Waals surface area contributed by atoms with E-state index in [9.17, 15) is 17.6 Å². The highest BCUT2D eigenvalue weighted by atomic mass is 35.5. The van der Waals surface area contributed by atoms with Crippen molar-refractivity contribution in [3.8, 4) is 0 Å². The van der Waals surface area contributed by atoms with Gasteiger partial charge in [0.25, 0.3) is 0 Å². The summed E-state index contributed by atoms with van der Waals surface area (Å²) in [6.07, 6.45) is 1.42. The van der Waals surface area contributed by atoms with Gasteiger partial charge in [0.2, 0.25) is 15.9 Å². The first-order chi connectivity index (χ1) is 16.2. The number of halogens is 2. The molecular weight excluding hydrogens is 475 g/mol. The monoisotopic (exact) mass is 502 g/mol. The van der Waals surface area contributed by atoms with Gasteiger partial charge >= 0.3 is 0 Å². The lowest BCUT2D eigenvalue weighted by Crippen LogP contribution is -2.38. The van der Waals surface area contributed by atoms with Crippen molar-refractivity contribution in [3.63, 3.8) is 0 Å². The number of rotatable bonds is 9. The van der Waals surface area contributed by atoms with Crippen molar-refractivity contribution in [1.82, 2.24) is 4.31 Å². The normalized spacial score (nSPS) is 11.6. The topological polar surface area (TPSA) is 66.5 Å². The third-order valence-corrected chi connectivity index (χ3v) is 7.80. The maximum atomic E-state index is 14.5. The maximum Gasteiger partial charge on any atom is 0.243 e. The Morgan fingerprint density at radius 3 is 2.12 bits per heavy atom. The first kappa shape index (κ1) is 25.9. The van der Waals surface area contributed by atoms with Gasteiger partial charge in [0.05, 0.1) is 11.4 Å². The van der Waals surface area contributed by atoms with E-state index in [0.717, 1.165) is 21.0 Å². The Balaban J connectivity index is 1.97. The molecule has 0 saturated carbocycles. The van der Waals surface area contributed by atoms with Crippen LogP contribution in [0.4, 0.5) is 10.1 Å². The molecule has 0 atom stereocenters. The molecule has 0 aliphatic rings. The summed E-state index contributed by atoms with van der Waals surface area (Å²) in [7, 11) is -4.12. The van der Waals surface area contributed by atoms with Gasteiger partial charge < -0.3 is 5.32 Å². The highest BCUT2D eigenvalue weighted by Crippen LogP contribution is 2.26. The van der Waals surface area contributed by atoms with Gasteiger partial charge in [-0.2, -0.15) is 4.31 Å². The molecule has 0 unspecified atom stereocenters. The van der Waals surface area contributed by atoms with Crippen LogP contribution in [-0.4, -0.2) is 25.2 Å². The number of carbonyl (C=O) groups excluding carboxylic acids is 1. The van der Waals surface area contributed by atoms with Crippen LogP contribution < -0.4 is 5.32 Å². The summed E-state index contributed by atoms with van der Waals surface area (Å²) in [6.45, 7) is 4.93. The second kappa shape index (κ2) is 11.1. The van der Waals surface area contributed by atoms with E-state index in [-0.39, 0.29) is 22.0 Å². The van der Waals surface area contributed by atoms with Crippen LogP contribution in [0.3, 0.4) is 0 Å². The molecule has 5 nitrogen and oxygen atoms in total. The number of hydrogen-bond donors (Lipinski definition) is 1. The Labute approximate surface area is 205 Å². The van der Waals surface area contributed by atoms with Crippen LogP contribution in [0, 0.1) is 12.7 Å². The molecular formula is C26H28ClFN2O3S. The Bertz CT molecular complexity index is 1240. The minimum atomic E-state index is -4.12. The average molecular weight is 503 g/mol. The summed E-state index contributed by atoms with van der Waals surface area (Å²) in [4.78, 5) is 13.1. The molecule has 0 aliphatic carbocycles. The van der Waals surface area contributed by atoms with Crippen molar-refractivity contribution in [1.29, 1.82) is 0 Å². The van der Waals surface area contributed by atoms with Crippen LogP contribution in [0.15, 0.2) is 65.6 Å². The third-order valence-electron chi connectivity index (χ3n) is 5.64. The molecule has 0 fully saturated rings. The fourth-order valence-electron chi connectivity index (χ4n) is 3.69. The van der Waals surface area contributed by atoms with Crippen molar-refractivity contribution in [2.75, 3.05) is 11.9 Å². The summed E-state index contributed by atoms with van der Waals surface area (Å²) in [6, 6.07) is 16.2. The van der Waals surface area contributed by atoms with Gasteiger partial charge in [0.1, 0.15) is 5.82 Å². The predicted molar refractivity (Wildman–Crippen MR) is 134 cm³/mol. The third kappa shape index (κ3) is 5.84. The molecule has 0 spiro atoms. The Kier molecular flexibility index (Phi) is 8.47. The molecule has 3 rings (SSSR count). The molecule has 0 radical (unpaired) electrons. The van der Waals surface area contributed by atoms with Crippen LogP contribution in [0.1, 0.15) is 36.1 Å². The van der Waals surface area contributed by atoms with Crippen LogP contribution in [0.5, 0.6) is 0 Å². The zero-order valence-corrected chi connectivity index (χ0v) is 21.0. The summed E-state index contributed by atoms with van der Waals surface area (Å²) in [5.74, 6) is -1.15. The van der Waals surface area contributed by atoms with E-state index in [4.69, 9.17) is 11.6 Å². The first-order valence-electron chi connectivity index (χ1n) is 11.1. The van der Waals surface area contributed by atoms with Crippen molar-refractivity contribution < 1.29 is 17.6 Å². The summed E-state index contributed by atoms with van der Waals surface area (Å²) < 4.78 is 42.5. The van der Waals surface area contributed by atoms with Crippen LogP contribution >= 0.6 is 11.6 Å². The molecule has 34 heavy (non-hydrogen) atoms. The van der Waals surface area contributed by atoms with Gasteiger partial charge in [-0.25, -0.2) is 12.8 Å². The summed E-state index contributed by atoms with van der Waals surface area (Å²) in [5, 5.41) is 2.98.